The number of amides is 3. The molecule has 3 amide bonds. The lowest BCUT2D eigenvalue weighted by Gasteiger charge is -2.19. The number of hydrogen-bond donors (Lipinski definition) is 0. The number of carbonyl (C=O) groups is 4. The number of hydrogen-bond acceptors (Lipinski definition) is 5. The molecule has 2 saturated heterocycles. The van der Waals surface area contributed by atoms with Crippen LogP contribution in [-0.2, 0) is 19.2 Å². The topological polar surface area (TPSA) is 84.0 Å². The zero-order valence-electron chi connectivity index (χ0n) is 18.4. The quantitative estimate of drug-likeness (QED) is 0.379. The minimum atomic E-state index is -0.625. The van der Waals surface area contributed by atoms with E-state index in [2.05, 4.69) is 0 Å². The number of carbonyl (C=O) groups excluding carboxylic acids is 4. The highest BCUT2D eigenvalue weighted by Crippen LogP contribution is 2.56. The van der Waals surface area contributed by atoms with Gasteiger partial charge in [0, 0.05) is 29.7 Å². The summed E-state index contributed by atoms with van der Waals surface area (Å²) in [4.78, 5) is 54.4. The molecule has 174 valence electrons. The molecule has 4 fully saturated rings. The molecule has 2 aromatic rings. The first kappa shape index (κ1) is 21.4. The van der Waals surface area contributed by atoms with Crippen molar-refractivity contribution in [1.82, 2.24) is 0 Å². The molecule has 0 N–H and O–H groups in total. The number of halogens is 1. The lowest BCUT2D eigenvalue weighted by molar-refractivity contribution is -0.139. The minimum Gasteiger partial charge on any atom is -0.426 e. The van der Waals surface area contributed by atoms with Gasteiger partial charge in [0.15, 0.2) is 0 Å². The van der Waals surface area contributed by atoms with Crippen LogP contribution in [0.25, 0.3) is 0 Å². The maximum absolute atomic E-state index is 13.1. The number of anilines is 2. The summed E-state index contributed by atoms with van der Waals surface area (Å²) < 4.78 is 5.58. The molecule has 2 saturated carbocycles. The Balaban J connectivity index is 1.17. The second-order valence-corrected chi connectivity index (χ2v) is 10.1. The molecule has 7 nitrogen and oxygen atoms in total. The van der Waals surface area contributed by atoms with Gasteiger partial charge in [-0.2, -0.15) is 0 Å². The minimum absolute atomic E-state index is 0.0419. The molecule has 2 bridgehead atoms. The SMILES string of the molecule is O=C(Oc1cccc(N2C(=O)[C@@H]3[C@H]4CC[C@@H](C4)[C@H]3C2=O)c1)[C@@H]1CC(=O)N(c2cccc(Cl)c2)C1. The third-order valence-electron chi connectivity index (χ3n) is 7.80. The van der Waals surface area contributed by atoms with Crippen molar-refractivity contribution in [2.45, 2.75) is 25.7 Å². The number of benzene rings is 2. The van der Waals surface area contributed by atoms with Gasteiger partial charge in [0.2, 0.25) is 17.7 Å². The maximum atomic E-state index is 13.1. The molecule has 6 rings (SSSR count). The highest BCUT2D eigenvalue weighted by atomic mass is 35.5. The predicted octanol–water partition coefficient (Wildman–Crippen LogP) is 3.83. The number of ether oxygens (including phenoxy) is 1. The molecule has 2 aromatic carbocycles. The van der Waals surface area contributed by atoms with Gasteiger partial charge in [0.05, 0.1) is 23.4 Å². The van der Waals surface area contributed by atoms with Crippen molar-refractivity contribution in [3.05, 3.63) is 53.6 Å². The Kier molecular flexibility index (Phi) is 4.99. The van der Waals surface area contributed by atoms with Gasteiger partial charge < -0.3 is 9.64 Å². The van der Waals surface area contributed by atoms with E-state index >= 15 is 0 Å². The van der Waals surface area contributed by atoms with Crippen LogP contribution in [0.1, 0.15) is 25.7 Å². The Labute approximate surface area is 201 Å². The molecule has 8 heteroatoms. The third-order valence-corrected chi connectivity index (χ3v) is 8.04. The summed E-state index contributed by atoms with van der Waals surface area (Å²) in [5, 5.41) is 0.510. The van der Waals surface area contributed by atoms with Crippen molar-refractivity contribution in [3.8, 4) is 5.75 Å². The molecule has 4 aliphatic rings. The highest BCUT2D eigenvalue weighted by molar-refractivity contribution is 6.31. The van der Waals surface area contributed by atoms with E-state index in [1.54, 1.807) is 48.5 Å². The smallest absolute Gasteiger partial charge is 0.316 e. The van der Waals surface area contributed by atoms with Crippen molar-refractivity contribution in [3.63, 3.8) is 0 Å². The monoisotopic (exact) mass is 478 g/mol. The van der Waals surface area contributed by atoms with Crippen LogP contribution >= 0.6 is 11.6 Å². The van der Waals surface area contributed by atoms with Gasteiger partial charge in [0.25, 0.3) is 0 Å². The number of fused-ring (bicyclic) bond motifs is 5. The van der Waals surface area contributed by atoms with Gasteiger partial charge in [-0.15, -0.1) is 0 Å². The van der Waals surface area contributed by atoms with E-state index in [0.29, 0.717) is 28.2 Å². The summed E-state index contributed by atoms with van der Waals surface area (Å²) in [6, 6.07) is 13.5. The van der Waals surface area contributed by atoms with Gasteiger partial charge in [-0.1, -0.05) is 23.7 Å². The van der Waals surface area contributed by atoms with Crippen LogP contribution < -0.4 is 14.5 Å². The van der Waals surface area contributed by atoms with Crippen LogP contribution in [0.15, 0.2) is 48.5 Å². The van der Waals surface area contributed by atoms with E-state index in [4.69, 9.17) is 16.3 Å². The molecule has 2 heterocycles. The molecule has 0 radical (unpaired) electrons. The summed E-state index contributed by atoms with van der Waals surface area (Å²) in [7, 11) is 0. The van der Waals surface area contributed by atoms with Gasteiger partial charge >= 0.3 is 5.97 Å². The molecule has 0 aromatic heterocycles. The number of imide groups is 1. The van der Waals surface area contributed by atoms with E-state index < -0.39 is 11.9 Å². The Morgan fingerprint density at radius 1 is 0.912 bits per heavy atom. The summed E-state index contributed by atoms with van der Waals surface area (Å²) in [6.45, 7) is 0.201. The average molecular weight is 479 g/mol. The van der Waals surface area contributed by atoms with Crippen LogP contribution in [0.5, 0.6) is 5.75 Å². The lowest BCUT2D eigenvalue weighted by atomic mass is 9.81. The second-order valence-electron chi connectivity index (χ2n) is 9.70. The van der Waals surface area contributed by atoms with Crippen molar-refractivity contribution in [2.24, 2.45) is 29.6 Å². The molecule has 5 atom stereocenters. The Morgan fingerprint density at radius 2 is 1.59 bits per heavy atom. The molecular weight excluding hydrogens is 456 g/mol. The fourth-order valence-corrected chi connectivity index (χ4v) is 6.49. The average Bonchev–Trinajstić information content (AvgIpc) is 3.57. The number of esters is 1. The summed E-state index contributed by atoms with van der Waals surface area (Å²) in [5.74, 6) is -1.15. The fraction of sp³-hybridized carbons (Fsp3) is 0.385. The van der Waals surface area contributed by atoms with E-state index in [1.807, 2.05) is 0 Å². The fourth-order valence-electron chi connectivity index (χ4n) is 6.31. The molecule has 34 heavy (non-hydrogen) atoms. The first-order valence-corrected chi connectivity index (χ1v) is 12.0. The van der Waals surface area contributed by atoms with Crippen LogP contribution in [0.4, 0.5) is 11.4 Å². The molecule has 2 aliphatic carbocycles. The van der Waals surface area contributed by atoms with E-state index in [9.17, 15) is 19.2 Å². The van der Waals surface area contributed by atoms with Crippen molar-refractivity contribution < 1.29 is 23.9 Å². The lowest BCUT2D eigenvalue weighted by Crippen LogP contribution is -2.32. The summed E-state index contributed by atoms with van der Waals surface area (Å²) >= 11 is 6.04. The van der Waals surface area contributed by atoms with E-state index in [1.165, 1.54) is 9.80 Å². The Bertz CT molecular complexity index is 1200. The van der Waals surface area contributed by atoms with Gasteiger partial charge in [-0.3, -0.25) is 19.2 Å². The number of rotatable bonds is 4. The normalized spacial score (nSPS) is 29.8. The first-order chi connectivity index (χ1) is 16.4. The standard InChI is InChI=1S/C26H23ClN2O5/c27-17-3-1-4-18(11-17)28-13-16(10-21(28)30)26(33)34-20-6-2-5-19(12-20)29-24(31)22-14-7-8-15(9-14)23(22)25(29)32/h1-6,11-12,14-16,22-23H,7-10,13H2/t14-,15-,16+,22+,23+/m0/s1. The maximum Gasteiger partial charge on any atom is 0.316 e. The van der Waals surface area contributed by atoms with Crippen molar-refractivity contribution in [1.29, 1.82) is 0 Å². The zero-order chi connectivity index (χ0) is 23.6. The second kappa shape index (κ2) is 7.94. The molecule has 0 spiro atoms. The first-order valence-electron chi connectivity index (χ1n) is 11.7. The molecule has 2 aliphatic heterocycles. The van der Waals surface area contributed by atoms with Crippen LogP contribution in [0, 0.1) is 29.6 Å². The number of nitrogens with zero attached hydrogens (tertiary/aromatic N) is 2. The third kappa shape index (κ3) is 3.33. The van der Waals surface area contributed by atoms with Crippen LogP contribution in [-0.4, -0.2) is 30.2 Å². The Hall–Kier alpha value is -3.19. The molecule has 0 unspecified atom stereocenters. The van der Waals surface area contributed by atoms with E-state index in [-0.39, 0.29) is 48.3 Å². The Morgan fingerprint density at radius 3 is 2.29 bits per heavy atom. The largest absolute Gasteiger partial charge is 0.426 e. The zero-order valence-corrected chi connectivity index (χ0v) is 19.1. The van der Waals surface area contributed by atoms with Crippen molar-refractivity contribution in [2.75, 3.05) is 16.3 Å². The van der Waals surface area contributed by atoms with Crippen LogP contribution in [0.3, 0.4) is 0 Å². The predicted molar refractivity (Wildman–Crippen MR) is 124 cm³/mol. The summed E-state index contributed by atoms with van der Waals surface area (Å²) in [5.41, 5.74) is 1.07. The van der Waals surface area contributed by atoms with Crippen LogP contribution in [0.2, 0.25) is 5.02 Å². The van der Waals surface area contributed by atoms with Gasteiger partial charge in [-0.25, -0.2) is 4.90 Å². The highest BCUT2D eigenvalue weighted by Gasteiger charge is 2.61. The van der Waals surface area contributed by atoms with Gasteiger partial charge in [0.1, 0.15) is 5.75 Å². The van der Waals surface area contributed by atoms with Gasteiger partial charge in [-0.05, 0) is 61.4 Å². The summed E-state index contributed by atoms with van der Waals surface area (Å²) in [6.07, 6.45) is 3.05. The van der Waals surface area contributed by atoms with Crippen molar-refractivity contribution >= 4 is 46.7 Å². The molecular formula is C26H23ClN2O5. The van der Waals surface area contributed by atoms with E-state index in [0.717, 1.165) is 19.3 Å².